The highest BCUT2D eigenvalue weighted by Crippen LogP contribution is 2.15. The Morgan fingerprint density at radius 3 is 2.16 bits per heavy atom. The second kappa shape index (κ2) is 7.48. The maximum absolute atomic E-state index is 12.2. The molecule has 0 bridgehead atoms. The Balaban J connectivity index is 2.32. The zero-order valence-electron chi connectivity index (χ0n) is 12.5. The highest BCUT2D eigenvalue weighted by molar-refractivity contribution is 5.78. The van der Waals surface area contributed by atoms with Crippen LogP contribution >= 0.6 is 0 Å². The van der Waals surface area contributed by atoms with Crippen LogP contribution in [0.2, 0.25) is 0 Å². The molecule has 19 heavy (non-hydrogen) atoms. The predicted molar refractivity (Wildman–Crippen MR) is 73.7 cm³/mol. The lowest BCUT2D eigenvalue weighted by atomic mass is 9.96. The summed E-state index contributed by atoms with van der Waals surface area (Å²) in [6.07, 6.45) is 0.423. The minimum Gasteiger partial charge on any atom is -0.469 e. The third kappa shape index (κ3) is 4.82. The molecule has 1 heterocycles. The van der Waals surface area contributed by atoms with Crippen LogP contribution in [-0.2, 0) is 14.3 Å². The first-order chi connectivity index (χ1) is 8.95. The minimum absolute atomic E-state index is 0.0848. The van der Waals surface area contributed by atoms with Crippen molar-refractivity contribution in [3.63, 3.8) is 0 Å². The molecule has 1 atom stereocenters. The van der Waals surface area contributed by atoms with Crippen molar-refractivity contribution in [3.8, 4) is 0 Å². The van der Waals surface area contributed by atoms with Gasteiger partial charge in [0.1, 0.15) is 0 Å². The van der Waals surface area contributed by atoms with Gasteiger partial charge in [0.05, 0.1) is 13.5 Å². The van der Waals surface area contributed by atoms with Gasteiger partial charge in [0.2, 0.25) is 5.91 Å². The fourth-order valence-corrected chi connectivity index (χ4v) is 2.12. The number of ether oxygens (including phenoxy) is 1. The molecule has 0 aromatic carbocycles. The average Bonchev–Trinajstić information content (AvgIpc) is 2.43. The molecule has 0 aromatic rings. The zero-order chi connectivity index (χ0) is 14.4. The largest absolute Gasteiger partial charge is 0.469 e. The van der Waals surface area contributed by atoms with Gasteiger partial charge in [0.15, 0.2) is 0 Å². The molecule has 1 amide bonds. The molecule has 0 aliphatic carbocycles. The molecule has 5 heteroatoms. The van der Waals surface area contributed by atoms with Crippen LogP contribution in [0.25, 0.3) is 0 Å². The number of hydrogen-bond acceptors (Lipinski definition) is 4. The molecule has 0 spiro atoms. The number of amides is 1. The minimum atomic E-state index is -0.174. The highest BCUT2D eigenvalue weighted by atomic mass is 16.5. The molecule has 1 fully saturated rings. The Labute approximate surface area is 115 Å². The summed E-state index contributed by atoms with van der Waals surface area (Å²) in [6.45, 7) is 10.1. The highest BCUT2D eigenvalue weighted by Gasteiger charge is 2.26. The first-order valence-electron chi connectivity index (χ1n) is 7.03. The molecular weight excluding hydrogens is 244 g/mol. The monoisotopic (exact) mass is 270 g/mol. The van der Waals surface area contributed by atoms with Crippen molar-refractivity contribution in [1.82, 2.24) is 9.80 Å². The van der Waals surface area contributed by atoms with Gasteiger partial charge in [0, 0.05) is 38.6 Å². The number of carbonyl (C=O) groups is 2. The second-order valence-corrected chi connectivity index (χ2v) is 5.53. The van der Waals surface area contributed by atoms with Gasteiger partial charge in [-0.3, -0.25) is 14.5 Å². The predicted octanol–water partition coefficient (Wildman–Crippen LogP) is 0.986. The Morgan fingerprint density at radius 1 is 1.11 bits per heavy atom. The van der Waals surface area contributed by atoms with Gasteiger partial charge < -0.3 is 9.64 Å². The quantitative estimate of drug-likeness (QED) is 0.699. The molecule has 1 saturated heterocycles. The van der Waals surface area contributed by atoms with E-state index in [0.29, 0.717) is 18.9 Å². The van der Waals surface area contributed by atoms with Gasteiger partial charge in [-0.2, -0.15) is 0 Å². The topological polar surface area (TPSA) is 49.9 Å². The number of nitrogens with zero attached hydrogens (tertiary/aromatic N) is 2. The van der Waals surface area contributed by atoms with Gasteiger partial charge in [-0.1, -0.05) is 20.8 Å². The van der Waals surface area contributed by atoms with E-state index >= 15 is 0 Å². The van der Waals surface area contributed by atoms with Gasteiger partial charge >= 0.3 is 5.97 Å². The Kier molecular flexibility index (Phi) is 6.28. The van der Waals surface area contributed by atoms with Crippen molar-refractivity contribution in [2.75, 3.05) is 39.8 Å². The summed E-state index contributed by atoms with van der Waals surface area (Å²) in [7, 11) is 1.41. The van der Waals surface area contributed by atoms with Crippen molar-refractivity contribution >= 4 is 11.9 Å². The third-order valence-corrected chi connectivity index (χ3v) is 3.93. The van der Waals surface area contributed by atoms with Crippen LogP contribution in [0.1, 0.15) is 27.2 Å². The van der Waals surface area contributed by atoms with Crippen LogP contribution in [0.15, 0.2) is 0 Å². The van der Waals surface area contributed by atoms with E-state index in [0.717, 1.165) is 26.2 Å². The van der Waals surface area contributed by atoms with E-state index in [9.17, 15) is 9.59 Å². The Hall–Kier alpha value is -1.10. The lowest BCUT2D eigenvalue weighted by Gasteiger charge is -2.36. The van der Waals surface area contributed by atoms with E-state index in [-0.39, 0.29) is 17.8 Å². The number of esters is 1. The summed E-state index contributed by atoms with van der Waals surface area (Å²) in [5.41, 5.74) is 0. The molecule has 0 saturated carbocycles. The summed E-state index contributed by atoms with van der Waals surface area (Å²) in [6, 6.07) is 0. The van der Waals surface area contributed by atoms with Crippen LogP contribution in [0.3, 0.4) is 0 Å². The fraction of sp³-hybridized carbons (Fsp3) is 0.857. The average molecular weight is 270 g/mol. The summed E-state index contributed by atoms with van der Waals surface area (Å²) in [4.78, 5) is 27.4. The van der Waals surface area contributed by atoms with E-state index in [1.54, 1.807) is 0 Å². The van der Waals surface area contributed by atoms with Crippen molar-refractivity contribution < 1.29 is 14.3 Å². The first kappa shape index (κ1) is 16.0. The van der Waals surface area contributed by atoms with Crippen LogP contribution in [0.4, 0.5) is 0 Å². The standard InChI is InChI=1S/C14H26N2O3/c1-11(2)12(3)14(18)16-9-7-15(8-10-16)6-5-13(17)19-4/h11-12H,5-10H2,1-4H3. The molecule has 5 nitrogen and oxygen atoms in total. The number of hydrogen-bond donors (Lipinski definition) is 0. The maximum atomic E-state index is 12.2. The van der Waals surface area contributed by atoms with E-state index in [2.05, 4.69) is 23.5 Å². The Bertz CT molecular complexity index is 310. The normalized spacial score (nSPS) is 18.5. The molecule has 0 radical (unpaired) electrons. The zero-order valence-corrected chi connectivity index (χ0v) is 12.5. The number of carbonyl (C=O) groups excluding carboxylic acids is 2. The van der Waals surface area contributed by atoms with Crippen molar-refractivity contribution in [1.29, 1.82) is 0 Å². The van der Waals surface area contributed by atoms with E-state index in [1.807, 2.05) is 11.8 Å². The SMILES string of the molecule is COC(=O)CCN1CCN(C(=O)C(C)C(C)C)CC1. The second-order valence-electron chi connectivity index (χ2n) is 5.53. The smallest absolute Gasteiger partial charge is 0.306 e. The molecule has 1 rings (SSSR count). The first-order valence-corrected chi connectivity index (χ1v) is 7.03. The summed E-state index contributed by atoms with van der Waals surface area (Å²) in [5.74, 6) is 0.543. The van der Waals surface area contributed by atoms with Crippen molar-refractivity contribution in [3.05, 3.63) is 0 Å². The van der Waals surface area contributed by atoms with Crippen LogP contribution < -0.4 is 0 Å². The van der Waals surface area contributed by atoms with E-state index in [1.165, 1.54) is 7.11 Å². The summed E-state index contributed by atoms with van der Waals surface area (Å²) in [5, 5.41) is 0. The van der Waals surface area contributed by atoms with Crippen LogP contribution in [0.5, 0.6) is 0 Å². The summed E-state index contributed by atoms with van der Waals surface area (Å²) < 4.78 is 4.63. The maximum Gasteiger partial charge on any atom is 0.306 e. The lowest BCUT2D eigenvalue weighted by molar-refractivity contribution is -0.142. The van der Waals surface area contributed by atoms with Gasteiger partial charge in [-0.15, -0.1) is 0 Å². The fourth-order valence-electron chi connectivity index (χ4n) is 2.12. The Morgan fingerprint density at radius 2 is 1.68 bits per heavy atom. The summed E-state index contributed by atoms with van der Waals surface area (Å²) >= 11 is 0. The van der Waals surface area contributed by atoms with E-state index < -0.39 is 0 Å². The molecular formula is C14H26N2O3. The number of rotatable bonds is 5. The van der Waals surface area contributed by atoms with Crippen molar-refractivity contribution in [2.24, 2.45) is 11.8 Å². The van der Waals surface area contributed by atoms with Gasteiger partial charge in [0.25, 0.3) is 0 Å². The molecule has 1 aliphatic heterocycles. The molecule has 110 valence electrons. The lowest BCUT2D eigenvalue weighted by Crippen LogP contribution is -2.50. The molecule has 1 aliphatic rings. The number of methoxy groups -OCH3 is 1. The molecule has 0 aromatic heterocycles. The van der Waals surface area contributed by atoms with Gasteiger partial charge in [-0.25, -0.2) is 0 Å². The van der Waals surface area contributed by atoms with Crippen LogP contribution in [-0.4, -0.2) is 61.5 Å². The third-order valence-electron chi connectivity index (χ3n) is 3.93. The van der Waals surface area contributed by atoms with Gasteiger partial charge in [-0.05, 0) is 5.92 Å². The number of piperazine rings is 1. The molecule has 1 unspecified atom stereocenters. The molecule has 0 N–H and O–H groups in total. The van der Waals surface area contributed by atoms with Crippen molar-refractivity contribution in [2.45, 2.75) is 27.2 Å². The van der Waals surface area contributed by atoms with Crippen LogP contribution in [0, 0.1) is 11.8 Å². The van der Waals surface area contributed by atoms with E-state index in [4.69, 9.17) is 0 Å².